The van der Waals surface area contributed by atoms with Gasteiger partial charge in [-0.1, -0.05) is 26.8 Å². The molecule has 0 saturated heterocycles. The Kier molecular flexibility index (Phi) is 4.92. The number of carbonyl (C=O) groups excluding carboxylic acids is 1. The number of anilines is 1. The summed E-state index contributed by atoms with van der Waals surface area (Å²) in [4.78, 5) is 12.3. The molecular weight excluding hydrogens is 300 g/mol. The molecule has 6 heteroatoms. The summed E-state index contributed by atoms with van der Waals surface area (Å²) < 4.78 is 26.8. The van der Waals surface area contributed by atoms with Gasteiger partial charge in [-0.15, -0.1) is 0 Å². The Morgan fingerprint density at radius 3 is 2.41 bits per heavy atom. The van der Waals surface area contributed by atoms with E-state index in [0.717, 1.165) is 6.42 Å². The van der Waals surface area contributed by atoms with E-state index in [1.54, 1.807) is 25.1 Å². The quantitative estimate of drug-likeness (QED) is 0.874. The highest BCUT2D eigenvalue weighted by molar-refractivity contribution is 7.89. The van der Waals surface area contributed by atoms with Gasteiger partial charge in [0.25, 0.3) is 0 Å². The third-order valence-corrected chi connectivity index (χ3v) is 6.42. The normalized spacial score (nSPS) is 21.0. The van der Waals surface area contributed by atoms with Gasteiger partial charge in [-0.25, -0.2) is 8.42 Å². The van der Waals surface area contributed by atoms with Crippen LogP contribution in [-0.4, -0.2) is 31.7 Å². The number of hydrogen-bond acceptors (Lipinski definition) is 3. The number of amides is 1. The fraction of sp³-hybridized carbons (Fsp3) is 0.562. The highest BCUT2D eigenvalue weighted by Gasteiger charge is 2.39. The standard InChI is InChI=1S/C16H24N2O3S/c1-5-18(6-2)22(20,21)15-10-13(8-7-11(15)3)17-16(19)14-9-12(14)4/h7-8,10,12,14H,5-6,9H2,1-4H3,(H,17,19)/t12-,14+/m1/s1. The van der Waals surface area contributed by atoms with E-state index in [1.807, 2.05) is 20.8 Å². The van der Waals surface area contributed by atoms with Crippen LogP contribution in [-0.2, 0) is 14.8 Å². The first kappa shape index (κ1) is 17.0. The summed E-state index contributed by atoms with van der Waals surface area (Å²) in [6, 6.07) is 5.05. The van der Waals surface area contributed by atoms with Crippen LogP contribution in [0.3, 0.4) is 0 Å². The van der Waals surface area contributed by atoms with Crippen molar-refractivity contribution in [1.29, 1.82) is 0 Å². The average molecular weight is 324 g/mol. The molecule has 1 aliphatic rings. The fourth-order valence-corrected chi connectivity index (χ4v) is 4.29. The van der Waals surface area contributed by atoms with E-state index in [1.165, 1.54) is 4.31 Å². The summed E-state index contributed by atoms with van der Waals surface area (Å²) in [7, 11) is -3.52. The molecule has 1 aliphatic carbocycles. The first-order valence-electron chi connectivity index (χ1n) is 7.72. The maximum Gasteiger partial charge on any atom is 0.243 e. The lowest BCUT2D eigenvalue weighted by Gasteiger charge is -2.20. The van der Waals surface area contributed by atoms with Crippen molar-refractivity contribution in [3.63, 3.8) is 0 Å². The van der Waals surface area contributed by atoms with Gasteiger partial charge in [0.05, 0.1) is 4.90 Å². The lowest BCUT2D eigenvalue weighted by molar-refractivity contribution is -0.117. The zero-order valence-electron chi connectivity index (χ0n) is 13.6. The van der Waals surface area contributed by atoms with Crippen LogP contribution in [0.15, 0.2) is 23.1 Å². The van der Waals surface area contributed by atoms with E-state index in [2.05, 4.69) is 5.32 Å². The first-order chi connectivity index (χ1) is 10.3. The minimum absolute atomic E-state index is 0.0254. The molecule has 0 spiro atoms. The summed E-state index contributed by atoms with van der Waals surface area (Å²) in [6.07, 6.45) is 0.905. The molecule has 1 amide bonds. The molecule has 1 N–H and O–H groups in total. The van der Waals surface area contributed by atoms with Gasteiger partial charge in [0.1, 0.15) is 0 Å². The zero-order valence-corrected chi connectivity index (χ0v) is 14.4. The molecule has 2 rings (SSSR count). The van der Waals surface area contributed by atoms with Crippen molar-refractivity contribution in [1.82, 2.24) is 4.31 Å². The van der Waals surface area contributed by atoms with E-state index < -0.39 is 10.0 Å². The van der Waals surface area contributed by atoms with Crippen molar-refractivity contribution in [2.24, 2.45) is 11.8 Å². The van der Waals surface area contributed by atoms with Crippen molar-refractivity contribution in [2.75, 3.05) is 18.4 Å². The molecule has 0 radical (unpaired) electrons. The molecule has 5 nitrogen and oxygen atoms in total. The van der Waals surface area contributed by atoms with Crippen LogP contribution >= 0.6 is 0 Å². The van der Waals surface area contributed by atoms with Crippen molar-refractivity contribution in [3.05, 3.63) is 23.8 Å². The number of rotatable bonds is 6. The van der Waals surface area contributed by atoms with Crippen molar-refractivity contribution < 1.29 is 13.2 Å². The maximum absolute atomic E-state index is 12.7. The summed E-state index contributed by atoms with van der Waals surface area (Å²) in [5.74, 6) is 0.455. The molecule has 1 saturated carbocycles. The second-order valence-corrected chi connectivity index (χ2v) is 7.78. The number of nitrogens with zero attached hydrogens (tertiary/aromatic N) is 1. The van der Waals surface area contributed by atoms with Crippen molar-refractivity contribution in [2.45, 2.75) is 39.0 Å². The van der Waals surface area contributed by atoms with E-state index >= 15 is 0 Å². The van der Waals surface area contributed by atoms with Crippen LogP contribution in [0.4, 0.5) is 5.69 Å². The average Bonchev–Trinajstić information content (AvgIpc) is 3.19. The third kappa shape index (κ3) is 3.33. The molecule has 1 aromatic carbocycles. The smallest absolute Gasteiger partial charge is 0.243 e. The van der Waals surface area contributed by atoms with E-state index in [4.69, 9.17) is 0 Å². The van der Waals surface area contributed by atoms with Crippen molar-refractivity contribution >= 4 is 21.6 Å². The second kappa shape index (κ2) is 6.38. The SMILES string of the molecule is CCN(CC)S(=O)(=O)c1cc(NC(=O)[C@H]2C[C@H]2C)ccc1C. The predicted molar refractivity (Wildman–Crippen MR) is 87.2 cm³/mol. The Morgan fingerprint density at radius 2 is 1.91 bits per heavy atom. The van der Waals surface area contributed by atoms with Crippen LogP contribution in [0.5, 0.6) is 0 Å². The Hall–Kier alpha value is -1.40. The van der Waals surface area contributed by atoms with E-state index in [-0.39, 0.29) is 16.7 Å². The Bertz CT molecular complexity index is 666. The number of nitrogens with one attached hydrogen (secondary N) is 1. The van der Waals surface area contributed by atoms with Gasteiger partial charge in [0.15, 0.2) is 0 Å². The third-order valence-electron chi connectivity index (χ3n) is 4.23. The van der Waals surface area contributed by atoms with Gasteiger partial charge in [0.2, 0.25) is 15.9 Å². The number of aryl methyl sites for hydroxylation is 1. The summed E-state index contributed by atoms with van der Waals surface area (Å²) in [6.45, 7) is 8.29. The molecule has 0 heterocycles. The second-order valence-electron chi connectivity index (χ2n) is 5.88. The summed E-state index contributed by atoms with van der Waals surface area (Å²) >= 11 is 0. The number of sulfonamides is 1. The highest BCUT2D eigenvalue weighted by Crippen LogP contribution is 2.38. The lowest BCUT2D eigenvalue weighted by Crippen LogP contribution is -2.31. The number of benzene rings is 1. The van der Waals surface area contributed by atoms with Gasteiger partial charge in [-0.05, 0) is 37.0 Å². The number of hydrogen-bond donors (Lipinski definition) is 1. The monoisotopic (exact) mass is 324 g/mol. The minimum Gasteiger partial charge on any atom is -0.326 e. The first-order valence-corrected chi connectivity index (χ1v) is 9.16. The Labute approximate surface area is 132 Å². The maximum atomic E-state index is 12.7. The molecular formula is C16H24N2O3S. The number of carbonyl (C=O) groups is 1. The highest BCUT2D eigenvalue weighted by atomic mass is 32.2. The molecule has 122 valence electrons. The molecule has 0 aromatic heterocycles. The van der Waals surface area contributed by atoms with Gasteiger partial charge in [-0.3, -0.25) is 4.79 Å². The Balaban J connectivity index is 2.29. The molecule has 0 bridgehead atoms. The molecule has 0 aliphatic heterocycles. The van der Waals surface area contributed by atoms with Crippen LogP contribution < -0.4 is 5.32 Å². The van der Waals surface area contributed by atoms with E-state index in [0.29, 0.717) is 30.3 Å². The van der Waals surface area contributed by atoms with Crippen molar-refractivity contribution in [3.8, 4) is 0 Å². The largest absolute Gasteiger partial charge is 0.326 e. The summed E-state index contributed by atoms with van der Waals surface area (Å²) in [5, 5.41) is 2.83. The predicted octanol–water partition coefficient (Wildman–Crippen LogP) is 2.62. The molecule has 2 atom stereocenters. The summed E-state index contributed by atoms with van der Waals surface area (Å²) in [5.41, 5.74) is 1.23. The van der Waals surface area contributed by atoms with Gasteiger partial charge >= 0.3 is 0 Å². The Morgan fingerprint density at radius 1 is 1.32 bits per heavy atom. The molecule has 22 heavy (non-hydrogen) atoms. The van der Waals surface area contributed by atoms with Crippen LogP contribution in [0.2, 0.25) is 0 Å². The van der Waals surface area contributed by atoms with E-state index in [9.17, 15) is 13.2 Å². The molecule has 0 unspecified atom stereocenters. The van der Waals surface area contributed by atoms with Crippen LogP contribution in [0.25, 0.3) is 0 Å². The van der Waals surface area contributed by atoms with Gasteiger partial charge < -0.3 is 5.32 Å². The lowest BCUT2D eigenvalue weighted by atomic mass is 10.2. The zero-order chi connectivity index (χ0) is 16.5. The molecule has 1 fully saturated rings. The fourth-order valence-electron chi connectivity index (χ4n) is 2.58. The minimum atomic E-state index is -3.52. The molecule has 1 aromatic rings. The van der Waals surface area contributed by atoms with Gasteiger partial charge in [-0.2, -0.15) is 4.31 Å². The van der Waals surface area contributed by atoms with Gasteiger partial charge in [0, 0.05) is 24.7 Å². The van der Waals surface area contributed by atoms with Crippen LogP contribution in [0.1, 0.15) is 32.8 Å². The van der Waals surface area contributed by atoms with Crippen LogP contribution in [0, 0.1) is 18.8 Å². The topological polar surface area (TPSA) is 66.5 Å².